The summed E-state index contributed by atoms with van der Waals surface area (Å²) in [6.45, 7) is 0. The molecule has 248 valence electrons. The first-order chi connectivity index (χ1) is 24.7. The second kappa shape index (κ2) is 9.93. The molecule has 0 radical (unpaired) electrons. The molecule has 6 nitrogen and oxygen atoms in total. The second-order valence-corrected chi connectivity index (χ2v) is 18.1. The predicted molar refractivity (Wildman–Crippen MR) is 200 cm³/mol. The molecule has 1 fully saturated rings. The third-order valence-electron chi connectivity index (χ3n) is 11.7. The Hall–Kier alpha value is -5.31. The minimum atomic E-state index is -3.67. The maximum atomic E-state index is 14.2. The molecule has 0 amide bonds. The summed E-state index contributed by atoms with van der Waals surface area (Å²) < 4.78 is 56.5. The fourth-order valence-electron chi connectivity index (χ4n) is 9.41. The monoisotopic (exact) mass is 703 g/mol. The van der Waals surface area contributed by atoms with E-state index in [0.717, 1.165) is 49.7 Å². The molecular weight excluding hydrogens is 675 g/mol. The summed E-state index contributed by atoms with van der Waals surface area (Å²) in [5.74, 6) is -0.388. The van der Waals surface area contributed by atoms with Crippen molar-refractivity contribution in [3.05, 3.63) is 164 Å². The SMILES string of the molecule is O=c1c2ccccc2c2cc(-c3ccc4c(c3)S(=O)(=O)c3ccccc3-4)cc3c2n1C1C=CC(C2C=C4C(=CC2)C2CC=CC=C2S4(=O)=O)=CC31. The fraction of sp³-hybridized carbons (Fsp3) is 0.140. The van der Waals surface area contributed by atoms with Crippen LogP contribution in [0.1, 0.15) is 30.4 Å². The molecule has 0 bridgehead atoms. The number of rotatable bonds is 2. The summed E-state index contributed by atoms with van der Waals surface area (Å²) >= 11 is 0. The molecule has 11 rings (SSSR count). The predicted octanol–water partition coefficient (Wildman–Crippen LogP) is 8.49. The van der Waals surface area contributed by atoms with Gasteiger partial charge in [-0.05, 0) is 82.5 Å². The summed E-state index contributed by atoms with van der Waals surface area (Å²) in [7, 11) is -7.21. The summed E-state index contributed by atoms with van der Waals surface area (Å²) in [5, 5.41) is 2.43. The van der Waals surface area contributed by atoms with E-state index in [1.165, 1.54) is 0 Å². The largest absolute Gasteiger partial charge is 0.300 e. The lowest BCUT2D eigenvalue weighted by molar-refractivity contribution is 0.575. The number of hydrogen-bond donors (Lipinski definition) is 0. The Labute approximate surface area is 294 Å². The van der Waals surface area contributed by atoms with Crippen LogP contribution in [-0.4, -0.2) is 21.4 Å². The molecule has 1 aromatic heterocycles. The van der Waals surface area contributed by atoms with Crippen molar-refractivity contribution in [1.29, 1.82) is 0 Å². The molecule has 0 saturated carbocycles. The van der Waals surface area contributed by atoms with Crippen LogP contribution in [0.5, 0.6) is 0 Å². The van der Waals surface area contributed by atoms with Gasteiger partial charge in [0.1, 0.15) is 0 Å². The van der Waals surface area contributed by atoms with Crippen molar-refractivity contribution in [3.8, 4) is 22.3 Å². The minimum Gasteiger partial charge on any atom is -0.300 e. The van der Waals surface area contributed by atoms with Crippen LogP contribution in [0.3, 0.4) is 0 Å². The average molecular weight is 704 g/mol. The first kappa shape index (κ1) is 29.4. The number of pyridine rings is 1. The average Bonchev–Trinajstić information content (AvgIpc) is 3.70. The topological polar surface area (TPSA) is 90.3 Å². The van der Waals surface area contributed by atoms with Gasteiger partial charge < -0.3 is 0 Å². The van der Waals surface area contributed by atoms with Gasteiger partial charge in [-0.2, -0.15) is 0 Å². The van der Waals surface area contributed by atoms with Crippen LogP contribution in [0, 0.1) is 11.8 Å². The van der Waals surface area contributed by atoms with Crippen molar-refractivity contribution in [2.45, 2.75) is 34.6 Å². The van der Waals surface area contributed by atoms with Crippen molar-refractivity contribution in [1.82, 2.24) is 4.57 Å². The molecular formula is C43H29NO5S2. The fourth-order valence-corrected chi connectivity index (χ4v) is 13.1. The molecule has 4 aromatic carbocycles. The molecule has 5 aromatic rings. The third-order valence-corrected chi connectivity index (χ3v) is 15.6. The van der Waals surface area contributed by atoms with Crippen LogP contribution in [0.4, 0.5) is 0 Å². The summed E-state index contributed by atoms with van der Waals surface area (Å²) in [4.78, 5) is 15.7. The van der Waals surface area contributed by atoms with Gasteiger partial charge in [0.15, 0.2) is 0 Å². The highest BCUT2D eigenvalue weighted by Crippen LogP contribution is 2.53. The van der Waals surface area contributed by atoms with E-state index in [-0.39, 0.29) is 29.4 Å². The first-order valence-corrected chi connectivity index (χ1v) is 20.2. The quantitative estimate of drug-likeness (QED) is 0.169. The Morgan fingerprint density at radius 2 is 1.53 bits per heavy atom. The number of sulfone groups is 2. The van der Waals surface area contributed by atoms with Crippen LogP contribution >= 0.6 is 0 Å². The Bertz CT molecular complexity index is 2990. The minimum absolute atomic E-state index is 0.0450. The van der Waals surface area contributed by atoms with Crippen LogP contribution in [-0.2, 0) is 19.7 Å². The van der Waals surface area contributed by atoms with Crippen molar-refractivity contribution >= 4 is 41.3 Å². The first-order valence-electron chi connectivity index (χ1n) is 17.3. The Morgan fingerprint density at radius 3 is 2.41 bits per heavy atom. The van der Waals surface area contributed by atoms with Gasteiger partial charge in [-0.3, -0.25) is 9.36 Å². The summed E-state index contributed by atoms with van der Waals surface area (Å²) in [5.41, 5.74) is 6.87. The highest BCUT2D eigenvalue weighted by Gasteiger charge is 2.45. The van der Waals surface area contributed by atoms with E-state index in [2.05, 4.69) is 36.4 Å². The molecule has 3 aliphatic heterocycles. The Morgan fingerprint density at radius 1 is 0.725 bits per heavy atom. The summed E-state index contributed by atoms with van der Waals surface area (Å²) in [6, 6.07) is 24.4. The van der Waals surface area contributed by atoms with Gasteiger partial charge in [-0.1, -0.05) is 91.1 Å². The molecule has 1 saturated heterocycles. The van der Waals surface area contributed by atoms with Crippen molar-refractivity contribution in [3.63, 3.8) is 0 Å². The third kappa shape index (κ3) is 3.78. The van der Waals surface area contributed by atoms with Crippen molar-refractivity contribution < 1.29 is 16.8 Å². The maximum absolute atomic E-state index is 14.2. The lowest BCUT2D eigenvalue weighted by Crippen LogP contribution is -2.24. The molecule has 0 N–H and O–H groups in total. The highest BCUT2D eigenvalue weighted by molar-refractivity contribution is 7.99. The molecule has 8 heteroatoms. The van der Waals surface area contributed by atoms with Crippen molar-refractivity contribution in [2.24, 2.45) is 11.8 Å². The lowest BCUT2D eigenvalue weighted by Gasteiger charge is -2.26. The van der Waals surface area contributed by atoms with E-state index < -0.39 is 19.7 Å². The smallest absolute Gasteiger partial charge is 0.259 e. The van der Waals surface area contributed by atoms with Gasteiger partial charge >= 0.3 is 0 Å². The molecule has 4 unspecified atom stereocenters. The van der Waals surface area contributed by atoms with Crippen molar-refractivity contribution in [2.75, 3.05) is 0 Å². The number of hydrogen-bond acceptors (Lipinski definition) is 5. The number of fused-ring (bicyclic) bond motifs is 11. The highest BCUT2D eigenvalue weighted by atomic mass is 32.2. The number of nitrogens with zero attached hydrogens (tertiary/aromatic N) is 1. The van der Waals surface area contributed by atoms with E-state index in [1.54, 1.807) is 24.3 Å². The number of allylic oxidation sites excluding steroid dienone is 11. The molecule has 0 spiro atoms. The lowest BCUT2D eigenvalue weighted by atomic mass is 9.79. The van der Waals surface area contributed by atoms with E-state index in [4.69, 9.17) is 0 Å². The van der Waals surface area contributed by atoms with Gasteiger partial charge in [-0.25, -0.2) is 16.8 Å². The van der Waals surface area contributed by atoms with Crippen LogP contribution in [0.15, 0.2) is 163 Å². The maximum Gasteiger partial charge on any atom is 0.259 e. The molecule has 6 aliphatic rings. The van der Waals surface area contributed by atoms with E-state index in [9.17, 15) is 21.6 Å². The Kier molecular flexibility index (Phi) is 5.73. The van der Waals surface area contributed by atoms with Gasteiger partial charge in [0.2, 0.25) is 19.7 Å². The zero-order chi connectivity index (χ0) is 34.4. The van der Waals surface area contributed by atoms with Gasteiger partial charge in [0.05, 0.1) is 31.2 Å². The van der Waals surface area contributed by atoms with Crippen LogP contribution < -0.4 is 5.56 Å². The van der Waals surface area contributed by atoms with Crippen LogP contribution in [0.2, 0.25) is 0 Å². The van der Waals surface area contributed by atoms with Gasteiger partial charge in [0.25, 0.3) is 5.56 Å². The van der Waals surface area contributed by atoms with E-state index in [1.807, 2.05) is 71.3 Å². The standard InChI is InChI=1S/C43H29NO5S2/c45-43-33-10-2-1-7-28(33)35-20-27(26-14-17-32-30-9-4-6-12-39(30)51(48,49)41(32)23-26)21-36-34-19-24(15-18-37(34)44(43)42(35)36)25-13-16-31-29-8-3-5-11-38(29)50(46,47)40(31)22-25/h1-7,9-12,14-23,25,29,34,37H,8,13H2. The Balaban J connectivity index is 1.08. The molecule has 4 heterocycles. The second-order valence-electron chi connectivity index (χ2n) is 14.3. The zero-order valence-electron chi connectivity index (χ0n) is 27.2. The zero-order valence-corrected chi connectivity index (χ0v) is 28.8. The normalized spacial score (nSPS) is 25.3. The molecule has 4 atom stereocenters. The van der Waals surface area contributed by atoms with Gasteiger partial charge in [-0.15, -0.1) is 0 Å². The van der Waals surface area contributed by atoms with E-state index >= 15 is 0 Å². The number of aromatic nitrogens is 1. The van der Waals surface area contributed by atoms with E-state index in [0.29, 0.717) is 43.4 Å². The van der Waals surface area contributed by atoms with Gasteiger partial charge in [0, 0.05) is 39.7 Å². The number of benzene rings is 4. The molecule has 51 heavy (non-hydrogen) atoms. The summed E-state index contributed by atoms with van der Waals surface area (Å²) in [6.07, 6.45) is 17.5. The molecule has 3 aliphatic carbocycles. The van der Waals surface area contributed by atoms with Crippen LogP contribution in [0.25, 0.3) is 43.9 Å².